The van der Waals surface area contributed by atoms with Gasteiger partial charge in [0.15, 0.2) is 17.6 Å². The van der Waals surface area contributed by atoms with Crippen molar-refractivity contribution in [3.05, 3.63) is 47.2 Å². The van der Waals surface area contributed by atoms with Crippen molar-refractivity contribution in [2.75, 3.05) is 20.8 Å². The molecule has 200 valence electrons. The molecule has 0 saturated heterocycles. The van der Waals surface area contributed by atoms with Gasteiger partial charge in [-0.25, -0.2) is 9.78 Å². The predicted molar refractivity (Wildman–Crippen MR) is 133 cm³/mol. The van der Waals surface area contributed by atoms with Crippen LogP contribution in [0.1, 0.15) is 55.2 Å². The molecule has 1 aromatic carbocycles. The second-order valence-corrected chi connectivity index (χ2v) is 8.68. The Bertz CT molecular complexity index is 1130. The van der Waals surface area contributed by atoms with Crippen LogP contribution in [0.15, 0.2) is 35.5 Å². The summed E-state index contributed by atoms with van der Waals surface area (Å²) in [6.07, 6.45) is 1.33. The third-order valence-electron chi connectivity index (χ3n) is 6.24. The standard InChI is InChI=1S/C22H26N2O4.C4H6O5/c1-4-28-20-10-15-16-9-14(25)6-7-18(16)24-22(17(15)11-19(20)26-2)13-5-8-21(27-3)23-12-13;5-2(4(8)9)1-3(6)7/h5,8,10-12,14,16,18,25H,4,6-7,9H2,1-3H3;2,5H,1H2,(H,6,7)(H,8,9)/t14-,16-,18-;/m1./s1. The molecule has 0 spiro atoms. The molecular formula is C26H32N2O9. The number of hydrogen-bond donors (Lipinski definition) is 4. The molecule has 1 aliphatic heterocycles. The second kappa shape index (κ2) is 12.5. The number of aromatic nitrogens is 1. The van der Waals surface area contributed by atoms with Gasteiger partial charge in [0.05, 0.1) is 45.1 Å². The Morgan fingerprint density at radius 3 is 2.41 bits per heavy atom. The van der Waals surface area contributed by atoms with Crippen LogP contribution in [-0.2, 0) is 9.59 Å². The van der Waals surface area contributed by atoms with Crippen molar-refractivity contribution in [3.63, 3.8) is 0 Å². The van der Waals surface area contributed by atoms with Gasteiger partial charge in [-0.2, -0.15) is 0 Å². The van der Waals surface area contributed by atoms with Crippen LogP contribution in [0.4, 0.5) is 0 Å². The topological polar surface area (TPSA) is 168 Å². The zero-order valence-electron chi connectivity index (χ0n) is 21.0. The Hall–Kier alpha value is -3.70. The van der Waals surface area contributed by atoms with Crippen LogP contribution < -0.4 is 14.2 Å². The van der Waals surface area contributed by atoms with Crippen LogP contribution in [0, 0.1) is 0 Å². The van der Waals surface area contributed by atoms with E-state index in [0.717, 1.165) is 41.0 Å². The van der Waals surface area contributed by atoms with Gasteiger partial charge in [0.1, 0.15) is 0 Å². The maximum absolute atomic E-state index is 10.3. The molecule has 2 aromatic rings. The fourth-order valence-electron chi connectivity index (χ4n) is 4.50. The number of methoxy groups -OCH3 is 2. The van der Waals surface area contributed by atoms with Crippen LogP contribution in [-0.4, -0.2) is 82.1 Å². The Morgan fingerprint density at radius 1 is 1.11 bits per heavy atom. The highest BCUT2D eigenvalue weighted by Gasteiger charge is 2.37. The summed E-state index contributed by atoms with van der Waals surface area (Å²) in [6.45, 7) is 2.52. The number of benzene rings is 1. The first kappa shape index (κ1) is 27.9. The van der Waals surface area contributed by atoms with E-state index in [2.05, 4.69) is 11.1 Å². The first-order valence-electron chi connectivity index (χ1n) is 11.9. The number of aliphatic hydroxyl groups is 2. The highest BCUT2D eigenvalue weighted by Crippen LogP contribution is 2.45. The highest BCUT2D eigenvalue weighted by atomic mass is 16.5. The highest BCUT2D eigenvalue weighted by molar-refractivity contribution is 6.14. The molecule has 4 N–H and O–H groups in total. The minimum absolute atomic E-state index is 0.149. The number of pyridine rings is 1. The Labute approximate surface area is 214 Å². The monoisotopic (exact) mass is 516 g/mol. The maximum Gasteiger partial charge on any atom is 0.333 e. The first-order valence-corrected chi connectivity index (χ1v) is 11.9. The molecule has 0 bridgehead atoms. The Morgan fingerprint density at radius 2 is 1.86 bits per heavy atom. The van der Waals surface area contributed by atoms with E-state index in [1.54, 1.807) is 20.4 Å². The lowest BCUT2D eigenvalue weighted by molar-refractivity contribution is -0.152. The van der Waals surface area contributed by atoms with Crippen molar-refractivity contribution >= 4 is 17.7 Å². The lowest BCUT2D eigenvalue weighted by Gasteiger charge is -2.37. The van der Waals surface area contributed by atoms with Gasteiger partial charge >= 0.3 is 11.9 Å². The molecule has 11 nitrogen and oxygen atoms in total. The van der Waals surface area contributed by atoms with Crippen molar-refractivity contribution in [3.8, 4) is 17.4 Å². The molecule has 0 radical (unpaired) electrons. The molecule has 4 atom stereocenters. The molecule has 1 aliphatic carbocycles. The van der Waals surface area contributed by atoms with Crippen LogP contribution in [0.2, 0.25) is 0 Å². The summed E-state index contributed by atoms with van der Waals surface area (Å²) in [5.74, 6) is -0.675. The third-order valence-corrected chi connectivity index (χ3v) is 6.24. The summed E-state index contributed by atoms with van der Waals surface area (Å²) < 4.78 is 16.6. The summed E-state index contributed by atoms with van der Waals surface area (Å²) in [5, 5.41) is 34.4. The summed E-state index contributed by atoms with van der Waals surface area (Å²) in [4.78, 5) is 28.8. The van der Waals surface area contributed by atoms with Gasteiger partial charge in [-0.05, 0) is 49.9 Å². The number of hydrogen-bond acceptors (Lipinski definition) is 9. The quantitative estimate of drug-likeness (QED) is 0.408. The smallest absolute Gasteiger partial charge is 0.333 e. The number of carbonyl (C=O) groups is 2. The second-order valence-electron chi connectivity index (χ2n) is 8.68. The lowest BCUT2D eigenvalue weighted by Crippen LogP contribution is -2.34. The summed E-state index contributed by atoms with van der Waals surface area (Å²) >= 11 is 0. The molecule has 2 heterocycles. The first-order chi connectivity index (χ1) is 17.7. The molecule has 4 rings (SSSR count). The fourth-order valence-corrected chi connectivity index (χ4v) is 4.50. The van der Waals surface area contributed by atoms with E-state index in [-0.39, 0.29) is 18.1 Å². The Kier molecular flexibility index (Phi) is 9.42. The van der Waals surface area contributed by atoms with Gasteiger partial charge in [0.2, 0.25) is 5.88 Å². The fraction of sp³-hybridized carbons (Fsp3) is 0.462. The molecule has 11 heteroatoms. The van der Waals surface area contributed by atoms with Gasteiger partial charge in [-0.1, -0.05) is 0 Å². The van der Waals surface area contributed by atoms with Crippen LogP contribution in [0.25, 0.3) is 0 Å². The number of fused-ring (bicyclic) bond motifs is 3. The molecule has 1 unspecified atom stereocenters. The molecule has 1 fully saturated rings. The molecule has 1 aromatic heterocycles. The van der Waals surface area contributed by atoms with E-state index < -0.39 is 24.5 Å². The van der Waals surface area contributed by atoms with Crippen molar-refractivity contribution in [1.29, 1.82) is 0 Å². The van der Waals surface area contributed by atoms with E-state index in [9.17, 15) is 14.7 Å². The number of rotatable bonds is 8. The number of nitrogens with zero attached hydrogens (tertiary/aromatic N) is 2. The number of aliphatic imine (C=N–C) groups is 1. The van der Waals surface area contributed by atoms with Crippen molar-refractivity contribution in [2.24, 2.45) is 4.99 Å². The van der Waals surface area contributed by atoms with E-state index in [4.69, 9.17) is 34.5 Å². The van der Waals surface area contributed by atoms with Gasteiger partial charge in [-0.3, -0.25) is 9.79 Å². The number of carboxylic acids is 2. The van der Waals surface area contributed by atoms with Crippen molar-refractivity contribution in [1.82, 2.24) is 4.98 Å². The SMILES string of the molecule is CCOc1cc2c(cc1OC)C(c1ccc(OC)nc1)=N[C@@H]1CC[C@@H](O)C[C@H]21.O=C(O)CC(O)C(=O)O. The van der Waals surface area contributed by atoms with Crippen molar-refractivity contribution in [2.45, 2.75) is 56.8 Å². The van der Waals surface area contributed by atoms with Gasteiger partial charge in [0.25, 0.3) is 0 Å². The van der Waals surface area contributed by atoms with Crippen LogP contribution in [0.3, 0.4) is 0 Å². The number of carboxylic acid groups (broad SMARTS) is 2. The van der Waals surface area contributed by atoms with Crippen LogP contribution in [0.5, 0.6) is 17.4 Å². The zero-order valence-corrected chi connectivity index (χ0v) is 21.0. The average Bonchev–Trinajstić information content (AvgIpc) is 2.88. The van der Waals surface area contributed by atoms with Gasteiger partial charge in [-0.15, -0.1) is 0 Å². The number of ether oxygens (including phenoxy) is 3. The summed E-state index contributed by atoms with van der Waals surface area (Å²) in [7, 11) is 3.25. The Balaban J connectivity index is 0.000000364. The molecule has 1 saturated carbocycles. The minimum Gasteiger partial charge on any atom is -0.493 e. The molecular weight excluding hydrogens is 484 g/mol. The largest absolute Gasteiger partial charge is 0.493 e. The molecule has 2 aliphatic rings. The maximum atomic E-state index is 10.3. The molecule has 37 heavy (non-hydrogen) atoms. The van der Waals surface area contributed by atoms with E-state index in [1.807, 2.05) is 25.1 Å². The van der Waals surface area contributed by atoms with Gasteiger partial charge < -0.3 is 34.6 Å². The third kappa shape index (κ3) is 6.75. The van der Waals surface area contributed by atoms with Crippen molar-refractivity contribution < 1.29 is 44.2 Å². The average molecular weight is 517 g/mol. The predicted octanol–water partition coefficient (Wildman–Crippen LogP) is 2.25. The van der Waals surface area contributed by atoms with E-state index in [1.165, 1.54) is 0 Å². The minimum atomic E-state index is -1.79. The molecule has 0 amide bonds. The normalized spacial score (nSPS) is 20.7. The van der Waals surface area contributed by atoms with Gasteiger partial charge in [0, 0.05) is 29.3 Å². The summed E-state index contributed by atoms with van der Waals surface area (Å²) in [5.41, 5.74) is 4.03. The zero-order chi connectivity index (χ0) is 27.1. The van der Waals surface area contributed by atoms with Crippen LogP contribution >= 0.6 is 0 Å². The van der Waals surface area contributed by atoms with E-state index in [0.29, 0.717) is 24.7 Å². The number of aliphatic hydroxyl groups excluding tert-OH is 2. The lowest BCUT2D eigenvalue weighted by atomic mass is 9.74. The summed E-state index contributed by atoms with van der Waals surface area (Å²) in [6, 6.07) is 8.05. The number of aliphatic carboxylic acids is 2. The van der Waals surface area contributed by atoms with E-state index >= 15 is 0 Å².